The van der Waals surface area contributed by atoms with E-state index in [1.54, 1.807) is 31.3 Å². The molecule has 0 aliphatic rings. The molecule has 1 amide bonds. The third-order valence-electron chi connectivity index (χ3n) is 5.86. The van der Waals surface area contributed by atoms with Crippen molar-refractivity contribution in [2.24, 2.45) is 4.99 Å². The predicted molar refractivity (Wildman–Crippen MR) is 142 cm³/mol. The number of carbonyl (C=O) groups excluding carboxylic acids is 2. The van der Waals surface area contributed by atoms with Gasteiger partial charge in [-0.2, -0.15) is 4.99 Å². The van der Waals surface area contributed by atoms with Gasteiger partial charge < -0.3 is 13.7 Å². The largest absolute Gasteiger partial charge is 0.467 e. The van der Waals surface area contributed by atoms with Crippen LogP contribution in [0.4, 0.5) is 0 Å². The van der Waals surface area contributed by atoms with E-state index in [0.717, 1.165) is 5.56 Å². The van der Waals surface area contributed by atoms with Crippen LogP contribution in [-0.2, 0) is 11.3 Å². The predicted octanol–water partition coefficient (Wildman–Crippen LogP) is 4.82. The summed E-state index contributed by atoms with van der Waals surface area (Å²) >= 11 is 12.2. The molecule has 0 aliphatic heterocycles. The van der Waals surface area contributed by atoms with Crippen LogP contribution in [0.2, 0.25) is 10.0 Å². The van der Waals surface area contributed by atoms with Gasteiger partial charge in [-0.05, 0) is 61.9 Å². The Labute approximate surface area is 225 Å². The standard InChI is InChI=1S/C27H20Cl2N4O5/c1-3-37-27(36)20-13-19-23(30-22-15(2)6-4-10-32(22)26(19)35)33(14-17-7-5-11-38-17)24(20)31-25(34)18-9-8-16(28)12-21(18)29/h4-13H,3,14H2,1-2H3. The molecular weight excluding hydrogens is 531 g/mol. The number of aryl methyl sites for hydroxylation is 1. The van der Waals surface area contributed by atoms with Crippen molar-refractivity contribution in [2.75, 3.05) is 6.61 Å². The number of hydrogen-bond acceptors (Lipinski definition) is 6. The SMILES string of the molecule is CCOC(=O)c1cc2c(=O)n3cccc(C)c3nc2n(Cc2ccco2)c1=NC(=O)c1ccc(Cl)cc1Cl. The fourth-order valence-electron chi connectivity index (χ4n) is 4.09. The topological polar surface area (TPSA) is 108 Å². The zero-order chi connectivity index (χ0) is 27.0. The lowest BCUT2D eigenvalue weighted by Crippen LogP contribution is -2.33. The molecule has 0 unspecified atom stereocenters. The lowest BCUT2D eigenvalue weighted by molar-refractivity contribution is 0.0523. The Morgan fingerprint density at radius 2 is 1.89 bits per heavy atom. The van der Waals surface area contributed by atoms with Crippen molar-refractivity contribution < 1.29 is 18.7 Å². The molecule has 5 rings (SSSR count). The summed E-state index contributed by atoms with van der Waals surface area (Å²) in [6, 6.07) is 12.7. The van der Waals surface area contributed by atoms with Crippen LogP contribution in [-0.4, -0.2) is 32.4 Å². The normalized spacial score (nSPS) is 11.8. The Morgan fingerprint density at radius 3 is 2.61 bits per heavy atom. The Hall–Kier alpha value is -4.21. The van der Waals surface area contributed by atoms with Crippen molar-refractivity contribution in [1.29, 1.82) is 0 Å². The second kappa shape index (κ2) is 10.3. The monoisotopic (exact) mass is 550 g/mol. The van der Waals surface area contributed by atoms with Gasteiger partial charge in [0, 0.05) is 11.2 Å². The maximum atomic E-state index is 13.6. The number of amides is 1. The first-order valence-corrected chi connectivity index (χ1v) is 12.3. The molecule has 0 N–H and O–H groups in total. The third kappa shape index (κ3) is 4.62. The van der Waals surface area contributed by atoms with Crippen LogP contribution < -0.4 is 11.0 Å². The molecular formula is C27H20Cl2N4O5. The molecule has 4 heterocycles. The Kier molecular flexibility index (Phi) is 6.88. The number of furan rings is 1. The summed E-state index contributed by atoms with van der Waals surface area (Å²) in [5.74, 6) is -0.999. The van der Waals surface area contributed by atoms with Crippen LogP contribution in [0.25, 0.3) is 16.7 Å². The van der Waals surface area contributed by atoms with Gasteiger partial charge >= 0.3 is 5.97 Å². The van der Waals surface area contributed by atoms with Gasteiger partial charge in [0.05, 0.1) is 35.4 Å². The van der Waals surface area contributed by atoms with Gasteiger partial charge in [0.1, 0.15) is 22.6 Å². The number of halogens is 2. The number of esters is 1. The molecule has 0 bridgehead atoms. The molecule has 1 aromatic carbocycles. The molecule has 0 atom stereocenters. The van der Waals surface area contributed by atoms with Crippen LogP contribution in [0.1, 0.15) is 39.0 Å². The highest BCUT2D eigenvalue weighted by molar-refractivity contribution is 6.36. The van der Waals surface area contributed by atoms with E-state index in [1.165, 1.54) is 39.5 Å². The Bertz CT molecular complexity index is 1860. The highest BCUT2D eigenvalue weighted by atomic mass is 35.5. The molecule has 0 radical (unpaired) electrons. The lowest BCUT2D eigenvalue weighted by Gasteiger charge is -2.15. The minimum absolute atomic E-state index is 0.0195. The van der Waals surface area contributed by atoms with Crippen molar-refractivity contribution in [3.05, 3.63) is 109 Å². The van der Waals surface area contributed by atoms with Crippen molar-refractivity contribution in [3.63, 3.8) is 0 Å². The smallest absolute Gasteiger partial charge is 0.341 e. The number of aromatic nitrogens is 3. The van der Waals surface area contributed by atoms with E-state index >= 15 is 0 Å². The summed E-state index contributed by atoms with van der Waals surface area (Å²) in [5, 5.41) is 0.586. The second-order valence-corrected chi connectivity index (χ2v) is 9.19. The molecule has 9 nitrogen and oxygen atoms in total. The molecule has 0 aliphatic carbocycles. The summed E-state index contributed by atoms with van der Waals surface area (Å²) < 4.78 is 13.7. The van der Waals surface area contributed by atoms with E-state index in [-0.39, 0.29) is 45.8 Å². The number of nitrogens with zero attached hydrogens (tertiary/aromatic N) is 4. The fourth-order valence-corrected chi connectivity index (χ4v) is 4.58. The number of pyridine rings is 2. The van der Waals surface area contributed by atoms with Crippen LogP contribution in [0.3, 0.4) is 0 Å². The number of ether oxygens (including phenoxy) is 1. The molecule has 5 aromatic rings. The van der Waals surface area contributed by atoms with E-state index < -0.39 is 17.4 Å². The summed E-state index contributed by atoms with van der Waals surface area (Å²) in [5.41, 5.74) is 0.920. The van der Waals surface area contributed by atoms with E-state index in [2.05, 4.69) is 4.99 Å². The number of benzene rings is 1. The average Bonchev–Trinajstić information content (AvgIpc) is 3.39. The van der Waals surface area contributed by atoms with Crippen molar-refractivity contribution in [1.82, 2.24) is 14.0 Å². The Balaban J connectivity index is 1.92. The first-order valence-electron chi connectivity index (χ1n) is 11.6. The summed E-state index contributed by atoms with van der Waals surface area (Å²) in [7, 11) is 0. The molecule has 192 valence electrons. The van der Waals surface area contributed by atoms with Crippen LogP contribution in [0.5, 0.6) is 0 Å². The van der Waals surface area contributed by atoms with Gasteiger partial charge in [-0.25, -0.2) is 9.78 Å². The summed E-state index contributed by atoms with van der Waals surface area (Å²) in [6.07, 6.45) is 3.09. The first kappa shape index (κ1) is 25.4. The fraction of sp³-hybridized carbons (Fsp3) is 0.148. The number of hydrogen-bond donors (Lipinski definition) is 0. The quantitative estimate of drug-likeness (QED) is 0.229. The summed E-state index contributed by atoms with van der Waals surface area (Å²) in [4.78, 5) is 49.1. The molecule has 0 fully saturated rings. The average molecular weight is 551 g/mol. The molecule has 0 saturated carbocycles. The lowest BCUT2D eigenvalue weighted by atomic mass is 10.2. The van der Waals surface area contributed by atoms with Gasteiger partial charge in [-0.15, -0.1) is 0 Å². The van der Waals surface area contributed by atoms with E-state index in [4.69, 9.17) is 37.3 Å². The molecule has 11 heteroatoms. The van der Waals surface area contributed by atoms with E-state index in [9.17, 15) is 14.4 Å². The second-order valence-electron chi connectivity index (χ2n) is 8.35. The van der Waals surface area contributed by atoms with Crippen molar-refractivity contribution >= 4 is 51.8 Å². The van der Waals surface area contributed by atoms with Crippen molar-refractivity contribution in [2.45, 2.75) is 20.4 Å². The van der Waals surface area contributed by atoms with Gasteiger partial charge in [0.2, 0.25) is 0 Å². The number of rotatable bonds is 5. The zero-order valence-electron chi connectivity index (χ0n) is 20.3. The van der Waals surface area contributed by atoms with E-state index in [1.807, 2.05) is 13.0 Å². The molecule has 0 spiro atoms. The summed E-state index contributed by atoms with van der Waals surface area (Å²) in [6.45, 7) is 3.57. The first-order chi connectivity index (χ1) is 18.3. The molecule has 4 aromatic heterocycles. The highest BCUT2D eigenvalue weighted by Crippen LogP contribution is 2.22. The minimum Gasteiger partial charge on any atom is -0.467 e. The van der Waals surface area contributed by atoms with Gasteiger partial charge in [0.15, 0.2) is 5.49 Å². The maximum absolute atomic E-state index is 13.6. The zero-order valence-corrected chi connectivity index (χ0v) is 21.8. The number of fused-ring (bicyclic) bond motifs is 2. The highest BCUT2D eigenvalue weighted by Gasteiger charge is 2.22. The maximum Gasteiger partial charge on any atom is 0.341 e. The molecule has 0 saturated heterocycles. The van der Waals surface area contributed by atoms with Crippen molar-refractivity contribution in [3.8, 4) is 0 Å². The van der Waals surface area contributed by atoms with Crippen LogP contribution in [0, 0.1) is 6.92 Å². The van der Waals surface area contributed by atoms with Crippen LogP contribution in [0.15, 0.2) is 75.2 Å². The van der Waals surface area contributed by atoms with Gasteiger partial charge in [0.25, 0.3) is 11.5 Å². The number of carbonyl (C=O) groups is 2. The third-order valence-corrected chi connectivity index (χ3v) is 6.41. The van der Waals surface area contributed by atoms with E-state index in [0.29, 0.717) is 16.4 Å². The molecule has 38 heavy (non-hydrogen) atoms. The van der Waals surface area contributed by atoms with Crippen LogP contribution >= 0.6 is 23.2 Å². The van der Waals surface area contributed by atoms with Gasteiger partial charge in [-0.1, -0.05) is 29.3 Å². The Morgan fingerprint density at radius 1 is 1.08 bits per heavy atom. The minimum atomic E-state index is -0.759. The van der Waals surface area contributed by atoms with Gasteiger partial charge in [-0.3, -0.25) is 14.0 Å².